The smallest absolute Gasteiger partial charge is 0.264 e. The monoisotopic (exact) mass is 431 g/mol. The Morgan fingerprint density at radius 3 is 2.80 bits per heavy atom. The molecule has 30 heavy (non-hydrogen) atoms. The predicted molar refractivity (Wildman–Crippen MR) is 112 cm³/mol. The van der Waals surface area contributed by atoms with E-state index in [2.05, 4.69) is 26.0 Å². The minimum Gasteiger partial charge on any atom is -0.504 e. The number of aromatic nitrogens is 3. The van der Waals surface area contributed by atoms with Crippen LogP contribution in [0.4, 0.5) is 16.0 Å². The number of aromatic hydroxyl groups is 1. The maximum atomic E-state index is 12.9. The molecule has 5 N–H and O–H groups in total. The number of carbonyl (C=O) groups excluding carboxylic acids is 1. The maximum Gasteiger partial charge on any atom is 0.264 e. The molecule has 0 fully saturated rings. The number of nitrogens with two attached hydrogens (primary N) is 1. The Hall–Kier alpha value is -3.80. The molecule has 0 radical (unpaired) electrons. The van der Waals surface area contributed by atoms with Crippen LogP contribution < -0.4 is 21.3 Å². The number of rotatable bonds is 8. The van der Waals surface area contributed by atoms with E-state index < -0.39 is 0 Å². The molecule has 0 saturated carbocycles. The Kier molecular flexibility index (Phi) is 6.70. The van der Waals surface area contributed by atoms with E-state index >= 15 is 0 Å². The summed E-state index contributed by atoms with van der Waals surface area (Å²) in [5, 5.41) is 24.4. The number of nitrogen functional groups attached to an aromatic ring is 1. The van der Waals surface area contributed by atoms with Crippen molar-refractivity contribution < 1.29 is 19.0 Å². The average molecular weight is 431 g/mol. The molecule has 12 heteroatoms. The van der Waals surface area contributed by atoms with Crippen molar-refractivity contribution in [3.8, 4) is 11.5 Å². The third kappa shape index (κ3) is 5.38. The Morgan fingerprint density at radius 1 is 1.33 bits per heavy atom. The van der Waals surface area contributed by atoms with Gasteiger partial charge in [0.25, 0.3) is 5.95 Å². The summed E-state index contributed by atoms with van der Waals surface area (Å²) in [4.78, 5) is 12.0. The van der Waals surface area contributed by atoms with Crippen LogP contribution in [0.15, 0.2) is 52.7 Å². The molecule has 0 aliphatic rings. The number of hydrogen-bond acceptors (Lipinski definition) is 9. The minimum absolute atomic E-state index is 0.0129. The molecule has 1 aromatic heterocycles. The van der Waals surface area contributed by atoms with Crippen LogP contribution in [-0.4, -0.2) is 45.0 Å². The molecule has 1 amide bonds. The van der Waals surface area contributed by atoms with E-state index in [4.69, 9.17) is 10.6 Å². The Morgan fingerprint density at radius 2 is 2.10 bits per heavy atom. The highest BCUT2D eigenvalue weighted by atomic mass is 32.2. The lowest BCUT2D eigenvalue weighted by molar-refractivity contribution is -0.113. The van der Waals surface area contributed by atoms with Gasteiger partial charge in [0.1, 0.15) is 5.82 Å². The molecule has 0 spiro atoms. The molecule has 0 aliphatic heterocycles. The van der Waals surface area contributed by atoms with Crippen molar-refractivity contribution >= 4 is 35.5 Å². The lowest BCUT2D eigenvalue weighted by atomic mass is 10.2. The van der Waals surface area contributed by atoms with E-state index in [1.807, 2.05) is 0 Å². The first kappa shape index (κ1) is 20.9. The molecule has 2 aromatic carbocycles. The van der Waals surface area contributed by atoms with Crippen molar-refractivity contribution in [1.29, 1.82) is 0 Å². The summed E-state index contributed by atoms with van der Waals surface area (Å²) < 4.78 is 19.0. The Labute approximate surface area is 174 Å². The fraction of sp³-hybridized carbons (Fsp3) is 0.111. The van der Waals surface area contributed by atoms with Crippen LogP contribution in [-0.2, 0) is 4.79 Å². The average Bonchev–Trinajstić information content (AvgIpc) is 3.08. The lowest BCUT2D eigenvalue weighted by Crippen LogP contribution is -2.16. The van der Waals surface area contributed by atoms with Crippen molar-refractivity contribution in [2.45, 2.75) is 5.16 Å². The van der Waals surface area contributed by atoms with Crippen LogP contribution in [0.5, 0.6) is 11.5 Å². The summed E-state index contributed by atoms with van der Waals surface area (Å²) in [7, 11) is 1.46. The second-order valence-corrected chi connectivity index (χ2v) is 6.76. The van der Waals surface area contributed by atoms with Crippen LogP contribution in [0.2, 0.25) is 0 Å². The zero-order valence-corrected chi connectivity index (χ0v) is 16.6. The summed E-state index contributed by atoms with van der Waals surface area (Å²) in [6.45, 7) is 0. The van der Waals surface area contributed by atoms with Crippen molar-refractivity contribution in [2.24, 2.45) is 5.10 Å². The zero-order valence-electron chi connectivity index (χ0n) is 15.7. The number of nitrogens with zero attached hydrogens (tertiary/aromatic N) is 4. The number of nitrogens with one attached hydrogen (secondary N) is 2. The number of phenolic OH excluding ortho intramolecular Hbond substituents is 1. The molecular formula is C18H18FN7O3S. The number of halogens is 1. The molecule has 10 nitrogen and oxygen atoms in total. The van der Waals surface area contributed by atoms with Gasteiger partial charge in [-0.25, -0.2) is 14.5 Å². The minimum atomic E-state index is -0.384. The highest BCUT2D eigenvalue weighted by molar-refractivity contribution is 7.99. The van der Waals surface area contributed by atoms with E-state index in [1.165, 1.54) is 43.7 Å². The first-order valence-corrected chi connectivity index (χ1v) is 9.49. The third-order valence-electron chi connectivity index (χ3n) is 3.71. The number of amides is 1. The number of anilines is 2. The SMILES string of the molecule is COc1ccc(/C=N/Nc2nnc(SCC(=O)Nc3ccc(F)cc3)n2N)cc1O. The number of hydrazone groups is 1. The number of hydrogen-bond donors (Lipinski definition) is 4. The van der Waals surface area contributed by atoms with Gasteiger partial charge >= 0.3 is 0 Å². The summed E-state index contributed by atoms with van der Waals surface area (Å²) in [5.74, 6) is 5.74. The molecule has 0 unspecified atom stereocenters. The van der Waals surface area contributed by atoms with E-state index in [-0.39, 0.29) is 29.2 Å². The Bertz CT molecular complexity index is 1060. The summed E-state index contributed by atoms with van der Waals surface area (Å²) in [6.07, 6.45) is 1.46. The number of methoxy groups -OCH3 is 1. The zero-order chi connectivity index (χ0) is 21.5. The van der Waals surface area contributed by atoms with Gasteiger partial charge in [-0.2, -0.15) is 5.10 Å². The van der Waals surface area contributed by atoms with Gasteiger partial charge in [0, 0.05) is 5.69 Å². The number of thioether (sulfide) groups is 1. The fourth-order valence-electron chi connectivity index (χ4n) is 2.26. The standard InChI is InChI=1S/C18H18FN7O3S/c1-29-15-7-2-11(8-14(15)27)9-21-23-17-24-25-18(26(17)20)30-10-16(28)22-13-5-3-12(19)4-6-13/h2-9,27H,10,20H2,1H3,(H,22,28)(H,23,24)/b21-9+. The van der Waals surface area contributed by atoms with Crippen LogP contribution in [0.1, 0.15) is 5.56 Å². The van der Waals surface area contributed by atoms with Gasteiger partial charge in [-0.3, -0.25) is 4.79 Å². The van der Waals surface area contributed by atoms with Crippen LogP contribution in [0.25, 0.3) is 0 Å². The van der Waals surface area contributed by atoms with Crippen LogP contribution in [0, 0.1) is 5.82 Å². The molecular weight excluding hydrogens is 413 g/mol. The highest BCUT2D eigenvalue weighted by Gasteiger charge is 2.12. The molecule has 0 bridgehead atoms. The quantitative estimate of drug-likeness (QED) is 0.184. The van der Waals surface area contributed by atoms with E-state index in [0.29, 0.717) is 22.2 Å². The maximum absolute atomic E-state index is 12.9. The van der Waals surface area contributed by atoms with Crippen molar-refractivity contribution in [3.63, 3.8) is 0 Å². The second-order valence-electron chi connectivity index (χ2n) is 5.82. The lowest BCUT2D eigenvalue weighted by Gasteiger charge is -2.05. The Balaban J connectivity index is 1.53. The third-order valence-corrected chi connectivity index (χ3v) is 4.65. The number of phenols is 1. The van der Waals surface area contributed by atoms with E-state index in [1.54, 1.807) is 12.1 Å². The van der Waals surface area contributed by atoms with Gasteiger partial charge in [0.05, 0.1) is 19.1 Å². The van der Waals surface area contributed by atoms with Crippen molar-refractivity contribution in [3.05, 3.63) is 53.8 Å². The van der Waals surface area contributed by atoms with Gasteiger partial charge in [0.15, 0.2) is 11.5 Å². The molecule has 3 rings (SSSR count). The number of benzene rings is 2. The molecule has 0 atom stereocenters. The summed E-state index contributed by atoms with van der Waals surface area (Å²) in [5.41, 5.74) is 3.74. The van der Waals surface area contributed by atoms with E-state index in [0.717, 1.165) is 16.4 Å². The number of carbonyl (C=O) groups is 1. The largest absolute Gasteiger partial charge is 0.504 e. The molecule has 3 aromatic rings. The highest BCUT2D eigenvalue weighted by Crippen LogP contribution is 2.25. The van der Waals surface area contributed by atoms with Gasteiger partial charge in [0.2, 0.25) is 11.1 Å². The van der Waals surface area contributed by atoms with Gasteiger partial charge in [-0.05, 0) is 48.0 Å². The van der Waals surface area contributed by atoms with Gasteiger partial charge < -0.3 is 21.0 Å². The number of ether oxygens (including phenoxy) is 1. The van der Waals surface area contributed by atoms with E-state index in [9.17, 15) is 14.3 Å². The first-order valence-electron chi connectivity index (χ1n) is 8.51. The summed E-state index contributed by atoms with van der Waals surface area (Å²) >= 11 is 1.07. The normalized spacial score (nSPS) is 10.9. The van der Waals surface area contributed by atoms with Gasteiger partial charge in [-0.15, -0.1) is 10.2 Å². The molecule has 0 aliphatic carbocycles. The fourth-order valence-corrected chi connectivity index (χ4v) is 2.92. The second kappa shape index (κ2) is 9.60. The topological polar surface area (TPSA) is 140 Å². The first-order chi connectivity index (χ1) is 14.5. The molecule has 0 saturated heterocycles. The van der Waals surface area contributed by atoms with Crippen molar-refractivity contribution in [2.75, 3.05) is 29.4 Å². The predicted octanol–water partition coefficient (Wildman–Crippen LogP) is 2.02. The van der Waals surface area contributed by atoms with Crippen LogP contribution >= 0.6 is 11.8 Å². The van der Waals surface area contributed by atoms with Gasteiger partial charge in [-0.1, -0.05) is 11.8 Å². The summed E-state index contributed by atoms with van der Waals surface area (Å²) in [6, 6.07) is 10.2. The molecule has 1 heterocycles. The van der Waals surface area contributed by atoms with Crippen LogP contribution in [0.3, 0.4) is 0 Å². The molecule has 156 valence electrons. The van der Waals surface area contributed by atoms with Crippen molar-refractivity contribution in [1.82, 2.24) is 14.9 Å².